The summed E-state index contributed by atoms with van der Waals surface area (Å²) in [6.07, 6.45) is 2.27. The van der Waals surface area contributed by atoms with Crippen molar-refractivity contribution in [3.8, 4) is 0 Å². The fourth-order valence-corrected chi connectivity index (χ4v) is 3.91. The molecule has 156 valence electrons. The molecule has 0 radical (unpaired) electrons. The second-order valence-electron chi connectivity index (χ2n) is 8.18. The molecule has 6 heteroatoms. The number of hydrogen-bond donors (Lipinski definition) is 3. The number of likely N-dealkylation sites (N-methyl/N-ethyl adjacent to an activating group) is 1. The molecule has 0 spiro atoms. The molecule has 1 fully saturated rings. The number of nitrogens with one attached hydrogen (secondary N) is 2. The van der Waals surface area contributed by atoms with Crippen LogP contribution in [0.3, 0.4) is 0 Å². The normalized spacial score (nSPS) is 16.2. The maximum atomic E-state index is 12.7. The van der Waals surface area contributed by atoms with Gasteiger partial charge in [0.1, 0.15) is 6.04 Å². The number of benzene rings is 1. The Morgan fingerprint density at radius 2 is 1.82 bits per heavy atom. The number of hydrogen-bond acceptors (Lipinski definition) is 2. The molecule has 2 amide bonds. The van der Waals surface area contributed by atoms with E-state index in [9.17, 15) is 9.59 Å². The van der Waals surface area contributed by atoms with Crippen LogP contribution in [0.2, 0.25) is 0 Å². The number of piperazine rings is 1. The third-order valence-electron chi connectivity index (χ3n) is 5.68. The minimum Gasteiger partial charge on any atom is -0.354 e. The van der Waals surface area contributed by atoms with Gasteiger partial charge >= 0.3 is 0 Å². The summed E-state index contributed by atoms with van der Waals surface area (Å²) in [6.45, 7) is 10.7. The molecule has 0 unspecified atom stereocenters. The van der Waals surface area contributed by atoms with Crippen LogP contribution in [0.25, 0.3) is 0 Å². The van der Waals surface area contributed by atoms with Crippen molar-refractivity contribution in [3.63, 3.8) is 0 Å². The Morgan fingerprint density at radius 1 is 1.18 bits per heavy atom. The van der Waals surface area contributed by atoms with Crippen molar-refractivity contribution >= 4 is 11.8 Å². The zero-order valence-corrected chi connectivity index (χ0v) is 18.0. The Balaban J connectivity index is 1.84. The van der Waals surface area contributed by atoms with Gasteiger partial charge in [-0.3, -0.25) is 9.59 Å². The van der Waals surface area contributed by atoms with Crippen molar-refractivity contribution in [2.45, 2.75) is 39.7 Å². The molecule has 1 atom stereocenters. The zero-order valence-electron chi connectivity index (χ0n) is 18.0. The molecule has 1 saturated heterocycles. The molecule has 1 aliphatic heterocycles. The Hall–Kier alpha value is -1.92. The number of amides is 2. The van der Waals surface area contributed by atoms with Gasteiger partial charge in [0.05, 0.1) is 26.2 Å². The van der Waals surface area contributed by atoms with E-state index in [1.807, 2.05) is 4.90 Å². The van der Waals surface area contributed by atoms with Crippen LogP contribution in [0.4, 0.5) is 0 Å². The topological polar surface area (TPSA) is 70.5 Å². The second kappa shape index (κ2) is 11.2. The minimum atomic E-state index is 0.0628. The van der Waals surface area contributed by atoms with Crippen LogP contribution in [-0.2, 0) is 16.0 Å². The fraction of sp³-hybridized carbons (Fsp3) is 0.636. The summed E-state index contributed by atoms with van der Waals surface area (Å²) in [5, 5.41) is 4.86. The van der Waals surface area contributed by atoms with E-state index in [1.165, 1.54) is 16.0 Å². The Kier molecular flexibility index (Phi) is 8.93. The summed E-state index contributed by atoms with van der Waals surface area (Å²) in [6, 6.07) is 9.17. The van der Waals surface area contributed by atoms with Crippen molar-refractivity contribution in [1.82, 2.24) is 10.2 Å². The Morgan fingerprint density at radius 3 is 2.36 bits per heavy atom. The average molecular weight is 391 g/mol. The number of nitrogens with zero attached hydrogens (tertiary/aromatic N) is 1. The van der Waals surface area contributed by atoms with Gasteiger partial charge in [0, 0.05) is 18.5 Å². The lowest BCUT2D eigenvalue weighted by molar-refractivity contribution is -0.896. The summed E-state index contributed by atoms with van der Waals surface area (Å²) < 4.78 is 0. The number of aryl methyl sites for hydroxylation is 1. The molecule has 1 aliphatic rings. The third-order valence-corrected chi connectivity index (χ3v) is 5.68. The highest BCUT2D eigenvalue weighted by molar-refractivity contribution is 5.77. The molecule has 1 heterocycles. The van der Waals surface area contributed by atoms with Crippen molar-refractivity contribution in [1.29, 1.82) is 0 Å². The highest BCUT2D eigenvalue weighted by Crippen LogP contribution is 2.18. The summed E-state index contributed by atoms with van der Waals surface area (Å²) in [5.41, 5.74) is 2.67. The van der Waals surface area contributed by atoms with Crippen LogP contribution in [0.1, 0.15) is 44.4 Å². The molecule has 1 aromatic carbocycles. The smallest absolute Gasteiger partial charge is 0.278 e. The predicted molar refractivity (Wildman–Crippen MR) is 111 cm³/mol. The lowest BCUT2D eigenvalue weighted by atomic mass is 9.94. The van der Waals surface area contributed by atoms with E-state index >= 15 is 0 Å². The van der Waals surface area contributed by atoms with E-state index in [4.69, 9.17) is 0 Å². The molecule has 6 nitrogen and oxygen atoms in total. The van der Waals surface area contributed by atoms with E-state index in [0.29, 0.717) is 25.0 Å². The van der Waals surface area contributed by atoms with Gasteiger partial charge in [-0.2, -0.15) is 0 Å². The van der Waals surface area contributed by atoms with Crippen LogP contribution in [-0.4, -0.2) is 63.0 Å². The molecular formula is C22H38N4O2+2. The molecular weight excluding hydrogens is 352 g/mol. The highest BCUT2D eigenvalue weighted by atomic mass is 16.2. The van der Waals surface area contributed by atoms with Crippen molar-refractivity contribution in [2.75, 3.05) is 46.3 Å². The predicted octanol–water partition coefficient (Wildman–Crippen LogP) is -0.627. The van der Waals surface area contributed by atoms with Crippen LogP contribution >= 0.6 is 0 Å². The molecule has 0 aliphatic carbocycles. The summed E-state index contributed by atoms with van der Waals surface area (Å²) in [4.78, 5) is 27.4. The molecule has 0 bridgehead atoms. The van der Waals surface area contributed by atoms with E-state index in [1.54, 1.807) is 7.05 Å². The van der Waals surface area contributed by atoms with Gasteiger partial charge in [-0.15, -0.1) is 0 Å². The summed E-state index contributed by atoms with van der Waals surface area (Å²) in [7, 11) is 1.67. The lowest BCUT2D eigenvalue weighted by Gasteiger charge is -2.31. The first-order chi connectivity index (χ1) is 13.4. The number of carbonyl (C=O) groups is 2. The standard InChI is InChI=1S/C22H36N4O2/c1-5-6-18-7-9-19(10-8-18)22(17(2)3)24-15-21(28)26-13-11-25(12-14-26)16-20(27)23-4/h7-10,17,22,24H,5-6,11-16H2,1-4H3,(H,23,27)/p+2/t22-/m0/s1. The summed E-state index contributed by atoms with van der Waals surface area (Å²) >= 11 is 0. The van der Waals surface area contributed by atoms with Gasteiger partial charge in [-0.1, -0.05) is 51.5 Å². The van der Waals surface area contributed by atoms with Gasteiger partial charge in [0.15, 0.2) is 13.1 Å². The van der Waals surface area contributed by atoms with E-state index in [-0.39, 0.29) is 11.8 Å². The maximum absolute atomic E-state index is 12.7. The first kappa shape index (κ1) is 22.4. The number of nitrogens with two attached hydrogens (primary N) is 1. The van der Waals surface area contributed by atoms with Gasteiger partial charge in [0.25, 0.3) is 11.8 Å². The fourth-order valence-electron chi connectivity index (χ4n) is 3.91. The zero-order chi connectivity index (χ0) is 20.5. The molecule has 2 rings (SSSR count). The summed E-state index contributed by atoms with van der Waals surface area (Å²) in [5.74, 6) is 0.721. The van der Waals surface area contributed by atoms with Crippen molar-refractivity contribution in [3.05, 3.63) is 35.4 Å². The first-order valence-electron chi connectivity index (χ1n) is 10.7. The van der Waals surface area contributed by atoms with E-state index < -0.39 is 0 Å². The average Bonchev–Trinajstić information content (AvgIpc) is 2.69. The monoisotopic (exact) mass is 390 g/mol. The molecule has 1 aromatic rings. The van der Waals surface area contributed by atoms with Crippen LogP contribution in [0.15, 0.2) is 24.3 Å². The molecule has 28 heavy (non-hydrogen) atoms. The van der Waals surface area contributed by atoms with Gasteiger partial charge in [-0.05, 0) is 12.0 Å². The number of rotatable bonds is 9. The minimum absolute atomic E-state index is 0.0628. The number of carbonyl (C=O) groups excluding carboxylic acids is 2. The molecule has 4 N–H and O–H groups in total. The van der Waals surface area contributed by atoms with Crippen molar-refractivity contribution < 1.29 is 19.8 Å². The Bertz CT molecular complexity index is 622. The third kappa shape index (κ3) is 6.60. The lowest BCUT2D eigenvalue weighted by Crippen LogP contribution is -3.16. The van der Waals surface area contributed by atoms with Crippen molar-refractivity contribution in [2.24, 2.45) is 5.92 Å². The highest BCUT2D eigenvalue weighted by Gasteiger charge is 2.27. The van der Waals surface area contributed by atoms with Crippen LogP contribution in [0, 0.1) is 5.92 Å². The van der Waals surface area contributed by atoms with E-state index in [2.05, 4.69) is 55.7 Å². The first-order valence-corrected chi connectivity index (χ1v) is 10.7. The van der Waals surface area contributed by atoms with Gasteiger partial charge in [-0.25, -0.2) is 0 Å². The number of quaternary nitrogens is 2. The largest absolute Gasteiger partial charge is 0.354 e. The van der Waals surface area contributed by atoms with Crippen LogP contribution in [0.5, 0.6) is 0 Å². The second-order valence-corrected chi connectivity index (χ2v) is 8.18. The SMILES string of the molecule is CCCc1ccc([C@@H]([NH2+]CC(=O)N2CC[NH+](CC(=O)NC)CC2)C(C)C)cc1. The molecule has 0 aromatic heterocycles. The quantitative estimate of drug-likeness (QED) is 0.526. The van der Waals surface area contributed by atoms with Crippen LogP contribution < -0.4 is 15.5 Å². The van der Waals surface area contributed by atoms with Gasteiger partial charge in [0.2, 0.25) is 0 Å². The van der Waals surface area contributed by atoms with E-state index in [0.717, 1.165) is 39.0 Å². The van der Waals surface area contributed by atoms with Gasteiger partial charge < -0.3 is 20.4 Å². The maximum Gasteiger partial charge on any atom is 0.278 e. The molecule has 0 saturated carbocycles. The Labute approximate surface area is 169 Å².